The maximum absolute atomic E-state index is 5.92. The standard InChI is InChI=1S/C22H22O4/c1-23-20-13-12-17(21(24-2)22(20)25-3)14-16-8-7-11-19(15-16)26-18-9-5-4-6-10-18/h4-13,15H,14H2,1-3H3. The highest BCUT2D eigenvalue weighted by Gasteiger charge is 2.16. The topological polar surface area (TPSA) is 36.9 Å². The molecule has 0 aliphatic carbocycles. The zero-order valence-electron chi connectivity index (χ0n) is 15.2. The predicted molar refractivity (Wildman–Crippen MR) is 102 cm³/mol. The van der Waals surface area contributed by atoms with Gasteiger partial charge in [0, 0.05) is 12.0 Å². The molecule has 0 saturated carbocycles. The number of ether oxygens (including phenoxy) is 4. The Morgan fingerprint density at radius 3 is 2.08 bits per heavy atom. The van der Waals surface area contributed by atoms with Gasteiger partial charge in [0.15, 0.2) is 11.5 Å². The molecule has 3 aromatic carbocycles. The zero-order chi connectivity index (χ0) is 18.4. The molecule has 0 atom stereocenters. The van der Waals surface area contributed by atoms with Gasteiger partial charge in [-0.1, -0.05) is 36.4 Å². The van der Waals surface area contributed by atoms with Gasteiger partial charge in [-0.05, 0) is 35.9 Å². The molecule has 3 aromatic rings. The van der Waals surface area contributed by atoms with E-state index >= 15 is 0 Å². The molecule has 0 spiro atoms. The van der Waals surface area contributed by atoms with Crippen molar-refractivity contribution in [2.75, 3.05) is 21.3 Å². The third kappa shape index (κ3) is 3.91. The van der Waals surface area contributed by atoms with E-state index < -0.39 is 0 Å². The summed E-state index contributed by atoms with van der Waals surface area (Å²) in [6, 6.07) is 21.6. The van der Waals surface area contributed by atoms with Crippen LogP contribution >= 0.6 is 0 Å². The summed E-state index contributed by atoms with van der Waals surface area (Å²) in [5, 5.41) is 0. The Morgan fingerprint density at radius 1 is 0.654 bits per heavy atom. The average molecular weight is 350 g/mol. The first-order valence-corrected chi connectivity index (χ1v) is 8.35. The van der Waals surface area contributed by atoms with Gasteiger partial charge in [0.1, 0.15) is 11.5 Å². The first-order valence-electron chi connectivity index (χ1n) is 8.35. The Morgan fingerprint density at radius 2 is 1.38 bits per heavy atom. The fraction of sp³-hybridized carbons (Fsp3) is 0.182. The van der Waals surface area contributed by atoms with Gasteiger partial charge in [-0.15, -0.1) is 0 Å². The maximum Gasteiger partial charge on any atom is 0.203 e. The molecule has 0 heterocycles. The van der Waals surface area contributed by atoms with E-state index in [1.54, 1.807) is 21.3 Å². The highest BCUT2D eigenvalue weighted by molar-refractivity contribution is 5.57. The van der Waals surface area contributed by atoms with Gasteiger partial charge in [-0.2, -0.15) is 0 Å². The van der Waals surface area contributed by atoms with Crippen LogP contribution in [0.1, 0.15) is 11.1 Å². The zero-order valence-corrected chi connectivity index (χ0v) is 15.2. The molecule has 3 rings (SSSR count). The number of benzene rings is 3. The Bertz CT molecular complexity index is 859. The first-order chi connectivity index (χ1) is 12.7. The summed E-state index contributed by atoms with van der Waals surface area (Å²) >= 11 is 0. The van der Waals surface area contributed by atoms with Crippen LogP contribution < -0.4 is 18.9 Å². The van der Waals surface area contributed by atoms with Crippen LogP contribution in [-0.4, -0.2) is 21.3 Å². The summed E-state index contributed by atoms with van der Waals surface area (Å²) < 4.78 is 22.3. The van der Waals surface area contributed by atoms with Gasteiger partial charge in [-0.25, -0.2) is 0 Å². The lowest BCUT2D eigenvalue weighted by Gasteiger charge is -2.16. The summed E-state index contributed by atoms with van der Waals surface area (Å²) in [6.07, 6.45) is 0.690. The highest BCUT2D eigenvalue weighted by atomic mass is 16.5. The predicted octanol–water partition coefficient (Wildman–Crippen LogP) is 5.10. The van der Waals surface area contributed by atoms with Crippen molar-refractivity contribution in [1.82, 2.24) is 0 Å². The number of hydrogen-bond donors (Lipinski definition) is 0. The van der Waals surface area contributed by atoms with Crippen LogP contribution in [0.15, 0.2) is 66.7 Å². The van der Waals surface area contributed by atoms with Gasteiger partial charge in [0.2, 0.25) is 5.75 Å². The molecule has 0 amide bonds. The lowest BCUT2D eigenvalue weighted by Crippen LogP contribution is -1.99. The SMILES string of the molecule is COc1ccc(Cc2cccc(Oc3ccccc3)c2)c(OC)c1OC. The molecule has 134 valence electrons. The van der Waals surface area contributed by atoms with Gasteiger partial charge in [-0.3, -0.25) is 0 Å². The second-order valence-corrected chi connectivity index (χ2v) is 5.73. The Labute approximate surface area is 153 Å². The summed E-state index contributed by atoms with van der Waals surface area (Å²) in [5.41, 5.74) is 2.13. The van der Waals surface area contributed by atoms with Gasteiger partial charge in [0.05, 0.1) is 21.3 Å². The highest BCUT2D eigenvalue weighted by Crippen LogP contribution is 2.40. The minimum atomic E-state index is 0.601. The van der Waals surface area contributed by atoms with Crippen LogP contribution in [-0.2, 0) is 6.42 Å². The lowest BCUT2D eigenvalue weighted by molar-refractivity contribution is 0.322. The van der Waals surface area contributed by atoms with Crippen LogP contribution in [0.2, 0.25) is 0 Å². The molecule has 0 aliphatic heterocycles. The van der Waals surface area contributed by atoms with E-state index in [2.05, 4.69) is 6.07 Å². The maximum atomic E-state index is 5.92. The summed E-state index contributed by atoms with van der Waals surface area (Å²) in [6.45, 7) is 0. The number of para-hydroxylation sites is 1. The Kier molecular flexibility index (Phi) is 5.64. The molecular formula is C22H22O4. The van der Waals surface area contributed by atoms with E-state index in [0.29, 0.717) is 23.7 Å². The molecule has 0 unspecified atom stereocenters. The third-order valence-corrected chi connectivity index (χ3v) is 4.06. The van der Waals surface area contributed by atoms with Crippen LogP contribution in [0.25, 0.3) is 0 Å². The fourth-order valence-corrected chi connectivity index (χ4v) is 2.87. The molecule has 4 nitrogen and oxygen atoms in total. The molecule has 4 heteroatoms. The van der Waals surface area contributed by atoms with E-state index in [-0.39, 0.29) is 0 Å². The molecular weight excluding hydrogens is 328 g/mol. The Balaban J connectivity index is 1.86. The second kappa shape index (κ2) is 8.30. The van der Waals surface area contributed by atoms with Gasteiger partial charge >= 0.3 is 0 Å². The molecule has 0 N–H and O–H groups in total. The molecule has 0 saturated heterocycles. The number of hydrogen-bond acceptors (Lipinski definition) is 4. The van der Waals surface area contributed by atoms with Crippen molar-refractivity contribution in [2.24, 2.45) is 0 Å². The largest absolute Gasteiger partial charge is 0.493 e. The molecule has 0 aromatic heterocycles. The van der Waals surface area contributed by atoms with E-state index in [1.165, 1.54) is 0 Å². The summed E-state index contributed by atoms with van der Waals surface area (Å²) in [4.78, 5) is 0. The molecule has 0 fully saturated rings. The van der Waals surface area contributed by atoms with Crippen molar-refractivity contribution in [1.29, 1.82) is 0 Å². The van der Waals surface area contributed by atoms with Crippen molar-refractivity contribution >= 4 is 0 Å². The normalized spacial score (nSPS) is 10.3. The minimum Gasteiger partial charge on any atom is -0.493 e. The summed E-state index contributed by atoms with van der Waals surface area (Å²) in [7, 11) is 4.86. The molecule has 0 aliphatic rings. The van der Waals surface area contributed by atoms with E-state index in [9.17, 15) is 0 Å². The molecule has 26 heavy (non-hydrogen) atoms. The Hall–Kier alpha value is -3.14. The molecule has 0 radical (unpaired) electrons. The minimum absolute atomic E-state index is 0.601. The fourth-order valence-electron chi connectivity index (χ4n) is 2.87. The van der Waals surface area contributed by atoms with Crippen LogP contribution in [0.3, 0.4) is 0 Å². The van der Waals surface area contributed by atoms with Crippen molar-refractivity contribution in [2.45, 2.75) is 6.42 Å². The summed E-state index contributed by atoms with van der Waals surface area (Å²) in [5.74, 6) is 3.54. The van der Waals surface area contributed by atoms with Gasteiger partial charge < -0.3 is 18.9 Å². The van der Waals surface area contributed by atoms with Crippen LogP contribution in [0, 0.1) is 0 Å². The third-order valence-electron chi connectivity index (χ3n) is 4.06. The number of rotatable bonds is 7. The van der Waals surface area contributed by atoms with Crippen LogP contribution in [0.4, 0.5) is 0 Å². The van der Waals surface area contributed by atoms with E-state index in [1.807, 2.05) is 60.7 Å². The van der Waals surface area contributed by atoms with Crippen molar-refractivity contribution in [3.8, 4) is 28.7 Å². The van der Waals surface area contributed by atoms with Crippen molar-refractivity contribution < 1.29 is 18.9 Å². The van der Waals surface area contributed by atoms with E-state index in [0.717, 1.165) is 22.6 Å². The number of methoxy groups -OCH3 is 3. The quantitative estimate of drug-likeness (QED) is 0.594. The monoisotopic (exact) mass is 350 g/mol. The van der Waals surface area contributed by atoms with Gasteiger partial charge in [0.25, 0.3) is 0 Å². The van der Waals surface area contributed by atoms with Crippen LogP contribution in [0.5, 0.6) is 28.7 Å². The average Bonchev–Trinajstić information content (AvgIpc) is 2.68. The second-order valence-electron chi connectivity index (χ2n) is 5.73. The smallest absolute Gasteiger partial charge is 0.203 e. The molecule has 0 bridgehead atoms. The first kappa shape index (κ1) is 17.7. The van der Waals surface area contributed by atoms with Crippen molar-refractivity contribution in [3.63, 3.8) is 0 Å². The van der Waals surface area contributed by atoms with Crippen molar-refractivity contribution in [3.05, 3.63) is 77.9 Å². The van der Waals surface area contributed by atoms with E-state index in [4.69, 9.17) is 18.9 Å². The lowest BCUT2D eigenvalue weighted by atomic mass is 10.0.